The van der Waals surface area contributed by atoms with Gasteiger partial charge in [-0.15, -0.1) is 10.2 Å². The van der Waals surface area contributed by atoms with Crippen LogP contribution in [0.25, 0.3) is 11.0 Å². The largest absolute Gasteiger partial charge is 0.461 e. The fraction of sp³-hybridized carbons (Fsp3) is 0.368. The Balaban J connectivity index is 1.64. The number of hydrogen-bond acceptors (Lipinski definition) is 7. The number of furan rings is 1. The summed E-state index contributed by atoms with van der Waals surface area (Å²) in [6.07, 6.45) is -4.58. The number of carbonyl (C=O) groups is 2. The van der Waals surface area contributed by atoms with Crippen molar-refractivity contribution >= 4 is 28.5 Å². The summed E-state index contributed by atoms with van der Waals surface area (Å²) in [5.74, 6) is -2.09. The van der Waals surface area contributed by atoms with Gasteiger partial charge in [0.2, 0.25) is 11.7 Å². The first-order chi connectivity index (χ1) is 15.1. The third-order valence-corrected chi connectivity index (χ3v) is 5.28. The van der Waals surface area contributed by atoms with Gasteiger partial charge in [0.15, 0.2) is 5.82 Å². The number of amides is 2. The van der Waals surface area contributed by atoms with Crippen LogP contribution < -0.4 is 16.0 Å². The highest BCUT2D eigenvalue weighted by atomic mass is 19.4. The van der Waals surface area contributed by atoms with Crippen LogP contribution in [0.15, 0.2) is 22.6 Å². The number of benzene rings is 1. The number of aryl methyl sites for hydroxylation is 1. The SMILES string of the molecule is Cc1oc2ccc(N3CCn4c(nnc4C(F)(F)F)C3)cc2c1C(=O)N[C@@H](CO)C(N)=O. The van der Waals surface area contributed by atoms with Crippen molar-refractivity contribution in [2.45, 2.75) is 32.2 Å². The number of nitrogens with one attached hydrogen (secondary N) is 1. The molecule has 2 amide bonds. The summed E-state index contributed by atoms with van der Waals surface area (Å²) in [7, 11) is 0. The second kappa shape index (κ2) is 7.82. The number of nitrogens with zero attached hydrogens (tertiary/aromatic N) is 4. The van der Waals surface area contributed by atoms with Gasteiger partial charge in [-0.1, -0.05) is 0 Å². The van der Waals surface area contributed by atoms with Gasteiger partial charge in [0, 0.05) is 24.2 Å². The van der Waals surface area contributed by atoms with Crippen LogP contribution in [0.5, 0.6) is 0 Å². The fourth-order valence-corrected chi connectivity index (χ4v) is 3.71. The maximum Gasteiger partial charge on any atom is 0.451 e. The van der Waals surface area contributed by atoms with E-state index in [1.807, 2.05) is 4.90 Å². The van der Waals surface area contributed by atoms with Crippen LogP contribution in [0.4, 0.5) is 18.9 Å². The van der Waals surface area contributed by atoms with Gasteiger partial charge in [-0.3, -0.25) is 9.59 Å². The van der Waals surface area contributed by atoms with Gasteiger partial charge in [0.05, 0.1) is 18.7 Å². The number of rotatable bonds is 5. The first kappa shape index (κ1) is 21.6. The smallest absolute Gasteiger partial charge is 0.451 e. The highest BCUT2D eigenvalue weighted by Crippen LogP contribution is 2.33. The number of aromatic nitrogens is 3. The molecule has 3 heterocycles. The molecule has 1 aliphatic rings. The number of carbonyl (C=O) groups excluding carboxylic acids is 2. The van der Waals surface area contributed by atoms with Crippen LogP contribution in [-0.4, -0.2) is 50.9 Å². The van der Waals surface area contributed by atoms with Crippen LogP contribution >= 0.6 is 0 Å². The third-order valence-electron chi connectivity index (χ3n) is 5.28. The van der Waals surface area contributed by atoms with E-state index in [1.54, 1.807) is 25.1 Å². The van der Waals surface area contributed by atoms with E-state index in [4.69, 9.17) is 10.2 Å². The van der Waals surface area contributed by atoms with Gasteiger partial charge in [-0.25, -0.2) is 0 Å². The molecule has 1 aromatic carbocycles. The number of aliphatic hydroxyl groups is 1. The molecule has 32 heavy (non-hydrogen) atoms. The minimum atomic E-state index is -4.58. The van der Waals surface area contributed by atoms with E-state index in [9.17, 15) is 27.9 Å². The van der Waals surface area contributed by atoms with E-state index in [0.29, 0.717) is 22.4 Å². The second-order valence-corrected chi connectivity index (χ2v) is 7.34. The Hall–Kier alpha value is -3.61. The van der Waals surface area contributed by atoms with Gasteiger partial charge in [-0.05, 0) is 25.1 Å². The number of fused-ring (bicyclic) bond motifs is 2. The van der Waals surface area contributed by atoms with Crippen molar-refractivity contribution in [1.29, 1.82) is 0 Å². The number of aliphatic hydroxyl groups excluding tert-OH is 1. The molecule has 0 saturated heterocycles. The van der Waals surface area contributed by atoms with Gasteiger partial charge in [0.1, 0.15) is 17.4 Å². The molecule has 3 aromatic rings. The first-order valence-electron chi connectivity index (χ1n) is 9.58. The van der Waals surface area contributed by atoms with Crippen molar-refractivity contribution in [1.82, 2.24) is 20.1 Å². The number of primary amides is 1. The zero-order valence-electron chi connectivity index (χ0n) is 16.8. The van der Waals surface area contributed by atoms with Crippen LogP contribution in [0.3, 0.4) is 0 Å². The average molecular weight is 452 g/mol. The topological polar surface area (TPSA) is 140 Å². The Labute approximate surface area is 178 Å². The van der Waals surface area contributed by atoms with Crippen molar-refractivity contribution in [2.75, 3.05) is 18.1 Å². The molecule has 0 aliphatic carbocycles. The lowest BCUT2D eigenvalue weighted by molar-refractivity contribution is -0.147. The standard InChI is InChI=1S/C19H19F3N6O4/c1-9-15(17(31)24-12(8-29)16(23)30)11-6-10(2-3-13(11)32-9)27-4-5-28-14(7-27)25-26-18(28)19(20,21)22/h2-3,6,12,29H,4-5,7-8H2,1H3,(H2,23,30)(H,24,31)/t12-/m0/s1. The van der Waals surface area contributed by atoms with Crippen molar-refractivity contribution in [3.63, 3.8) is 0 Å². The van der Waals surface area contributed by atoms with E-state index >= 15 is 0 Å². The minimum absolute atomic E-state index is 0.0454. The van der Waals surface area contributed by atoms with E-state index in [-0.39, 0.29) is 31.0 Å². The molecule has 1 aliphatic heterocycles. The minimum Gasteiger partial charge on any atom is -0.461 e. The summed E-state index contributed by atoms with van der Waals surface area (Å²) in [6, 6.07) is 3.79. The van der Waals surface area contributed by atoms with Gasteiger partial charge in [-0.2, -0.15) is 13.2 Å². The maximum absolute atomic E-state index is 13.1. The predicted octanol–water partition coefficient (Wildman–Crippen LogP) is 0.948. The van der Waals surface area contributed by atoms with E-state index in [2.05, 4.69) is 15.5 Å². The number of alkyl halides is 3. The molecule has 1 atom stereocenters. The lowest BCUT2D eigenvalue weighted by Crippen LogP contribution is -2.46. The lowest BCUT2D eigenvalue weighted by Gasteiger charge is -2.29. The fourth-order valence-electron chi connectivity index (χ4n) is 3.71. The van der Waals surface area contributed by atoms with E-state index < -0.39 is 36.5 Å². The Morgan fingerprint density at radius 1 is 1.31 bits per heavy atom. The molecule has 170 valence electrons. The molecular weight excluding hydrogens is 433 g/mol. The van der Waals surface area contributed by atoms with E-state index in [1.165, 1.54) is 0 Å². The quantitative estimate of drug-likeness (QED) is 0.524. The van der Waals surface area contributed by atoms with Crippen LogP contribution in [0, 0.1) is 6.92 Å². The summed E-state index contributed by atoms with van der Waals surface area (Å²) in [6.45, 7) is 1.33. The molecule has 0 unspecified atom stereocenters. The van der Waals surface area contributed by atoms with Crippen molar-refractivity contribution in [3.8, 4) is 0 Å². The summed E-state index contributed by atoms with van der Waals surface area (Å²) in [4.78, 5) is 25.9. The zero-order valence-corrected chi connectivity index (χ0v) is 16.8. The Morgan fingerprint density at radius 3 is 2.72 bits per heavy atom. The summed E-state index contributed by atoms with van der Waals surface area (Å²) < 4.78 is 45.9. The first-order valence-corrected chi connectivity index (χ1v) is 9.58. The summed E-state index contributed by atoms with van der Waals surface area (Å²) >= 11 is 0. The third kappa shape index (κ3) is 3.75. The van der Waals surface area contributed by atoms with Gasteiger partial charge >= 0.3 is 6.18 Å². The average Bonchev–Trinajstić information content (AvgIpc) is 3.30. The van der Waals surface area contributed by atoms with Gasteiger partial charge < -0.3 is 30.0 Å². The van der Waals surface area contributed by atoms with Crippen molar-refractivity contribution in [3.05, 3.63) is 41.2 Å². The Bertz CT molecular complexity index is 1200. The Kier molecular flexibility index (Phi) is 5.28. The monoisotopic (exact) mass is 452 g/mol. The van der Waals surface area contributed by atoms with Crippen LogP contribution in [-0.2, 0) is 24.1 Å². The van der Waals surface area contributed by atoms with Crippen molar-refractivity contribution in [2.24, 2.45) is 5.73 Å². The molecule has 4 N–H and O–H groups in total. The highest BCUT2D eigenvalue weighted by Gasteiger charge is 2.39. The van der Waals surface area contributed by atoms with Crippen LogP contribution in [0.1, 0.15) is 27.8 Å². The molecule has 10 nitrogen and oxygen atoms in total. The molecular formula is C19H19F3N6O4. The summed E-state index contributed by atoms with van der Waals surface area (Å²) in [5.41, 5.74) is 6.38. The van der Waals surface area contributed by atoms with Crippen molar-refractivity contribution < 1.29 is 32.3 Å². The highest BCUT2D eigenvalue weighted by molar-refractivity contribution is 6.09. The molecule has 0 fully saturated rings. The normalized spacial score (nSPS) is 15.0. The summed E-state index contributed by atoms with van der Waals surface area (Å²) in [5, 5.41) is 19.0. The zero-order chi connectivity index (χ0) is 23.2. The molecule has 2 aromatic heterocycles. The number of anilines is 1. The molecule has 0 spiro atoms. The van der Waals surface area contributed by atoms with E-state index in [0.717, 1.165) is 4.57 Å². The lowest BCUT2D eigenvalue weighted by atomic mass is 10.1. The number of hydrogen-bond donors (Lipinski definition) is 3. The molecule has 0 saturated carbocycles. The molecule has 0 bridgehead atoms. The molecule has 13 heteroatoms. The number of nitrogens with two attached hydrogens (primary N) is 1. The predicted molar refractivity (Wildman–Crippen MR) is 105 cm³/mol. The maximum atomic E-state index is 13.1. The Morgan fingerprint density at radius 2 is 2.06 bits per heavy atom. The van der Waals surface area contributed by atoms with Crippen LogP contribution in [0.2, 0.25) is 0 Å². The molecule has 0 radical (unpaired) electrons. The number of halogens is 3. The molecule has 4 rings (SSSR count). The second-order valence-electron chi connectivity index (χ2n) is 7.34. The van der Waals surface area contributed by atoms with Gasteiger partial charge in [0.25, 0.3) is 5.91 Å².